The molecular weight excluding hydrogens is 439 g/mol. The van der Waals surface area contributed by atoms with E-state index in [0.29, 0.717) is 11.5 Å². The molecule has 0 radical (unpaired) electrons. The highest BCUT2D eigenvalue weighted by molar-refractivity contribution is 14.1. The number of ether oxygens (including phenoxy) is 2. The maximum atomic E-state index is 11.9. The summed E-state index contributed by atoms with van der Waals surface area (Å²) in [6.07, 6.45) is 3.10. The average molecular weight is 452 g/mol. The molecule has 0 atom stereocenters. The summed E-state index contributed by atoms with van der Waals surface area (Å²) >= 11 is 7.35. The topological polar surface area (TPSA) is 59.6 Å². The van der Waals surface area contributed by atoms with Crippen LogP contribution in [0.15, 0.2) is 48.5 Å². The number of benzene rings is 2. The molecule has 3 rings (SSSR count). The van der Waals surface area contributed by atoms with Gasteiger partial charge < -0.3 is 14.8 Å². The second-order valence-electron chi connectivity index (χ2n) is 4.90. The Kier molecular flexibility index (Phi) is 5.31. The second kappa shape index (κ2) is 7.63. The van der Waals surface area contributed by atoms with E-state index >= 15 is 0 Å². The van der Waals surface area contributed by atoms with Gasteiger partial charge in [0, 0.05) is 15.3 Å². The number of hydrogen-bond donors (Lipinski definition) is 2. The zero-order chi connectivity index (χ0) is 16.9. The van der Waals surface area contributed by atoms with E-state index in [1.807, 2.05) is 42.5 Å². The van der Waals surface area contributed by atoms with Gasteiger partial charge in [0.05, 0.1) is 0 Å². The van der Waals surface area contributed by atoms with Crippen LogP contribution in [0.2, 0.25) is 0 Å². The minimum Gasteiger partial charge on any atom is -0.454 e. The van der Waals surface area contributed by atoms with Gasteiger partial charge in [-0.15, -0.1) is 0 Å². The molecule has 24 heavy (non-hydrogen) atoms. The van der Waals surface area contributed by atoms with Gasteiger partial charge >= 0.3 is 0 Å². The average Bonchev–Trinajstić information content (AvgIpc) is 3.02. The van der Waals surface area contributed by atoms with Crippen LogP contribution in [0.3, 0.4) is 0 Å². The Labute approximate surface area is 158 Å². The third kappa shape index (κ3) is 4.45. The van der Waals surface area contributed by atoms with E-state index in [0.717, 1.165) is 14.8 Å². The fourth-order valence-corrected chi connectivity index (χ4v) is 2.62. The molecule has 1 aliphatic rings. The molecule has 0 bridgehead atoms. The summed E-state index contributed by atoms with van der Waals surface area (Å²) in [4.78, 5) is 11.9. The van der Waals surface area contributed by atoms with Crippen molar-refractivity contribution in [1.29, 1.82) is 0 Å². The first-order chi connectivity index (χ1) is 11.6. The third-order valence-corrected chi connectivity index (χ3v) is 4.09. The van der Waals surface area contributed by atoms with Crippen molar-refractivity contribution in [3.63, 3.8) is 0 Å². The van der Waals surface area contributed by atoms with Crippen molar-refractivity contribution in [1.82, 2.24) is 5.32 Å². The zero-order valence-corrected chi connectivity index (χ0v) is 15.4. The lowest BCUT2D eigenvalue weighted by atomic mass is 10.2. The monoisotopic (exact) mass is 452 g/mol. The first kappa shape index (κ1) is 16.7. The van der Waals surface area contributed by atoms with Crippen molar-refractivity contribution >= 4 is 57.6 Å². The fraction of sp³-hybridized carbons (Fsp3) is 0.0588. The van der Waals surface area contributed by atoms with Gasteiger partial charge in [-0.25, -0.2) is 0 Å². The quantitative estimate of drug-likeness (QED) is 0.424. The molecule has 122 valence electrons. The highest BCUT2D eigenvalue weighted by Gasteiger charge is 2.12. The van der Waals surface area contributed by atoms with E-state index in [2.05, 4.69) is 33.2 Å². The number of nitrogens with one attached hydrogen (secondary N) is 2. The van der Waals surface area contributed by atoms with Gasteiger partial charge in [0.15, 0.2) is 16.6 Å². The van der Waals surface area contributed by atoms with Gasteiger partial charge in [-0.2, -0.15) is 0 Å². The molecule has 2 aromatic rings. The standard InChI is InChI=1S/C17H13IN2O3S/c18-12-3-5-13(6-4-12)19-17(24)20-16(21)8-2-11-1-7-14-15(9-11)23-10-22-14/h1-9H,10H2,(H2,19,20,21,24)/b8-2+. The summed E-state index contributed by atoms with van der Waals surface area (Å²) < 4.78 is 11.7. The molecule has 0 saturated carbocycles. The lowest BCUT2D eigenvalue weighted by molar-refractivity contribution is -0.115. The maximum Gasteiger partial charge on any atom is 0.250 e. The Hall–Kier alpha value is -2.13. The van der Waals surface area contributed by atoms with E-state index in [-0.39, 0.29) is 17.8 Å². The molecule has 1 amide bonds. The molecule has 2 N–H and O–H groups in total. The minimum absolute atomic E-state index is 0.224. The summed E-state index contributed by atoms with van der Waals surface area (Å²) in [5.74, 6) is 1.07. The smallest absolute Gasteiger partial charge is 0.250 e. The van der Waals surface area contributed by atoms with Gasteiger partial charge in [-0.1, -0.05) is 6.07 Å². The van der Waals surface area contributed by atoms with Crippen LogP contribution >= 0.6 is 34.8 Å². The predicted octanol–water partition coefficient (Wildman–Crippen LogP) is 3.55. The Morgan fingerprint density at radius 3 is 2.67 bits per heavy atom. The number of thiocarbonyl (C=S) groups is 1. The molecule has 2 aromatic carbocycles. The highest BCUT2D eigenvalue weighted by atomic mass is 127. The second-order valence-corrected chi connectivity index (χ2v) is 6.55. The summed E-state index contributed by atoms with van der Waals surface area (Å²) in [7, 11) is 0. The van der Waals surface area contributed by atoms with Gasteiger partial charge in [0.1, 0.15) is 0 Å². The summed E-state index contributed by atoms with van der Waals surface area (Å²) in [6, 6.07) is 13.2. The Morgan fingerprint density at radius 1 is 1.12 bits per heavy atom. The van der Waals surface area contributed by atoms with Gasteiger partial charge in [0.25, 0.3) is 0 Å². The summed E-state index contributed by atoms with van der Waals surface area (Å²) in [5, 5.41) is 5.81. The Bertz CT molecular complexity index is 806. The van der Waals surface area contributed by atoms with E-state index in [1.54, 1.807) is 6.08 Å². The SMILES string of the molecule is O=C(/C=C/c1ccc2c(c1)OCO2)NC(=S)Nc1ccc(I)cc1. The lowest BCUT2D eigenvalue weighted by Crippen LogP contribution is -2.32. The summed E-state index contributed by atoms with van der Waals surface area (Å²) in [6.45, 7) is 0.224. The normalized spacial score (nSPS) is 12.2. The summed E-state index contributed by atoms with van der Waals surface area (Å²) in [5.41, 5.74) is 1.66. The molecule has 1 heterocycles. The van der Waals surface area contributed by atoms with Crippen molar-refractivity contribution in [2.75, 3.05) is 12.1 Å². The van der Waals surface area contributed by atoms with E-state index in [4.69, 9.17) is 21.7 Å². The number of rotatable bonds is 3. The number of halogens is 1. The molecule has 5 nitrogen and oxygen atoms in total. The van der Waals surface area contributed by atoms with Gasteiger partial charge in [-0.3, -0.25) is 10.1 Å². The molecule has 0 spiro atoms. The van der Waals surface area contributed by atoms with Crippen molar-refractivity contribution in [3.05, 3.63) is 57.7 Å². The molecule has 0 fully saturated rings. The first-order valence-corrected chi connectivity index (χ1v) is 8.54. The maximum absolute atomic E-state index is 11.9. The lowest BCUT2D eigenvalue weighted by Gasteiger charge is -2.08. The van der Waals surface area contributed by atoms with Crippen LogP contribution in [0.25, 0.3) is 6.08 Å². The fourth-order valence-electron chi connectivity index (χ4n) is 2.04. The molecule has 0 aliphatic carbocycles. The predicted molar refractivity (Wildman–Crippen MR) is 105 cm³/mol. The van der Waals surface area contributed by atoms with E-state index in [1.165, 1.54) is 6.08 Å². The van der Waals surface area contributed by atoms with Crippen molar-refractivity contribution in [2.45, 2.75) is 0 Å². The van der Waals surface area contributed by atoms with Crippen molar-refractivity contribution in [2.24, 2.45) is 0 Å². The minimum atomic E-state index is -0.310. The zero-order valence-electron chi connectivity index (χ0n) is 12.4. The third-order valence-electron chi connectivity index (χ3n) is 3.16. The Balaban J connectivity index is 1.54. The van der Waals surface area contributed by atoms with E-state index in [9.17, 15) is 4.79 Å². The van der Waals surface area contributed by atoms with Crippen LogP contribution < -0.4 is 20.1 Å². The molecular formula is C17H13IN2O3S. The first-order valence-electron chi connectivity index (χ1n) is 7.05. The van der Waals surface area contributed by atoms with Crippen molar-refractivity contribution < 1.29 is 14.3 Å². The van der Waals surface area contributed by atoms with Crippen LogP contribution in [-0.2, 0) is 4.79 Å². The van der Waals surface area contributed by atoms with Gasteiger partial charge in [0.2, 0.25) is 12.7 Å². The number of fused-ring (bicyclic) bond motifs is 1. The molecule has 0 aromatic heterocycles. The highest BCUT2D eigenvalue weighted by Crippen LogP contribution is 2.32. The van der Waals surface area contributed by atoms with E-state index < -0.39 is 0 Å². The van der Waals surface area contributed by atoms with Crippen LogP contribution in [0.4, 0.5) is 5.69 Å². The number of hydrogen-bond acceptors (Lipinski definition) is 4. The molecule has 0 saturated heterocycles. The number of amides is 1. The van der Waals surface area contributed by atoms with Crippen LogP contribution in [0.5, 0.6) is 11.5 Å². The van der Waals surface area contributed by atoms with Gasteiger partial charge in [-0.05, 0) is 82.8 Å². The van der Waals surface area contributed by atoms with Crippen LogP contribution in [0, 0.1) is 3.57 Å². The number of carbonyl (C=O) groups is 1. The number of anilines is 1. The molecule has 0 unspecified atom stereocenters. The van der Waals surface area contributed by atoms with Crippen LogP contribution in [-0.4, -0.2) is 17.8 Å². The largest absolute Gasteiger partial charge is 0.454 e. The molecule has 7 heteroatoms. The molecule has 1 aliphatic heterocycles. The number of carbonyl (C=O) groups excluding carboxylic acids is 1. The Morgan fingerprint density at radius 2 is 1.88 bits per heavy atom. The van der Waals surface area contributed by atoms with Crippen molar-refractivity contribution in [3.8, 4) is 11.5 Å². The van der Waals surface area contributed by atoms with Crippen LogP contribution in [0.1, 0.15) is 5.56 Å².